The van der Waals surface area contributed by atoms with Crippen molar-refractivity contribution in [2.75, 3.05) is 6.26 Å². The van der Waals surface area contributed by atoms with Crippen LogP contribution >= 0.6 is 0 Å². The summed E-state index contributed by atoms with van der Waals surface area (Å²) >= 11 is 0. The zero-order valence-corrected chi connectivity index (χ0v) is 16.8. The van der Waals surface area contributed by atoms with Gasteiger partial charge in [0.05, 0.1) is 16.5 Å². The highest BCUT2D eigenvalue weighted by Crippen LogP contribution is 2.25. The summed E-state index contributed by atoms with van der Waals surface area (Å²) < 4.78 is 28.4. The Morgan fingerprint density at radius 1 is 1.10 bits per heavy atom. The number of hydrogen-bond donors (Lipinski definition) is 1. The second-order valence-electron chi connectivity index (χ2n) is 6.40. The van der Waals surface area contributed by atoms with E-state index in [4.69, 9.17) is 4.74 Å². The van der Waals surface area contributed by atoms with E-state index in [2.05, 4.69) is 5.32 Å². The molecule has 9 nitrogen and oxygen atoms in total. The van der Waals surface area contributed by atoms with Crippen LogP contribution in [0.2, 0.25) is 0 Å². The fourth-order valence-electron chi connectivity index (χ4n) is 2.54. The van der Waals surface area contributed by atoms with E-state index in [1.54, 1.807) is 6.92 Å². The Kier molecular flexibility index (Phi) is 6.70. The van der Waals surface area contributed by atoms with E-state index in [0.717, 1.165) is 30.0 Å². The van der Waals surface area contributed by atoms with E-state index in [1.165, 1.54) is 6.92 Å². The third-order valence-corrected chi connectivity index (χ3v) is 5.25. The topological polar surface area (TPSA) is 133 Å². The Bertz CT molecular complexity index is 1040. The van der Waals surface area contributed by atoms with Crippen molar-refractivity contribution in [3.8, 4) is 0 Å². The maximum atomic E-state index is 12.3. The van der Waals surface area contributed by atoms with E-state index in [-0.39, 0.29) is 11.6 Å². The summed E-state index contributed by atoms with van der Waals surface area (Å²) in [6.07, 6.45) is -0.338. The van der Waals surface area contributed by atoms with Crippen LogP contribution in [0, 0.1) is 10.1 Å². The van der Waals surface area contributed by atoms with Gasteiger partial charge in [-0.05, 0) is 31.5 Å². The fraction of sp³-hybridized carbons (Fsp3) is 0.263. The molecule has 0 aromatic heterocycles. The van der Waals surface area contributed by atoms with E-state index in [0.29, 0.717) is 0 Å². The fourth-order valence-corrected chi connectivity index (χ4v) is 3.37. The molecular weight excluding hydrogens is 400 g/mol. The minimum absolute atomic E-state index is 0.236. The second kappa shape index (κ2) is 8.82. The molecule has 0 unspecified atom stereocenters. The molecule has 1 amide bonds. The van der Waals surface area contributed by atoms with Crippen LogP contribution in [0.15, 0.2) is 53.4 Å². The zero-order chi connectivity index (χ0) is 21.8. The zero-order valence-electron chi connectivity index (χ0n) is 16.0. The van der Waals surface area contributed by atoms with Gasteiger partial charge in [-0.2, -0.15) is 0 Å². The van der Waals surface area contributed by atoms with Crippen molar-refractivity contribution in [1.29, 1.82) is 0 Å². The average molecular weight is 420 g/mol. The number of nitro groups is 1. The van der Waals surface area contributed by atoms with Crippen LogP contribution in [0.4, 0.5) is 5.69 Å². The number of nitrogens with one attached hydrogen (secondary N) is 1. The SMILES string of the molecule is C[C@H](NC(=O)[C@@H](C)OC(=O)c1ccc(S(C)(=O)=O)c([N+](=O)[O-])c1)c1ccccc1. The first-order valence-electron chi connectivity index (χ1n) is 8.55. The highest BCUT2D eigenvalue weighted by molar-refractivity contribution is 7.90. The third kappa shape index (κ3) is 5.61. The molecule has 154 valence electrons. The first kappa shape index (κ1) is 22.0. The van der Waals surface area contributed by atoms with Gasteiger partial charge in [0.1, 0.15) is 4.90 Å². The van der Waals surface area contributed by atoms with Crippen LogP contribution in [-0.2, 0) is 19.4 Å². The number of esters is 1. The molecule has 0 radical (unpaired) electrons. The summed E-state index contributed by atoms with van der Waals surface area (Å²) in [5, 5.41) is 13.9. The van der Waals surface area contributed by atoms with Crippen LogP contribution in [-0.4, -0.2) is 37.6 Å². The lowest BCUT2D eigenvalue weighted by atomic mass is 10.1. The van der Waals surface area contributed by atoms with Crippen molar-refractivity contribution in [3.05, 3.63) is 69.8 Å². The van der Waals surface area contributed by atoms with Gasteiger partial charge in [-0.3, -0.25) is 14.9 Å². The molecule has 2 aromatic rings. The predicted molar refractivity (Wildman–Crippen MR) is 104 cm³/mol. The summed E-state index contributed by atoms with van der Waals surface area (Å²) in [4.78, 5) is 34.3. The Morgan fingerprint density at radius 2 is 1.72 bits per heavy atom. The molecule has 0 saturated carbocycles. The Labute approximate surface area is 167 Å². The van der Waals surface area contributed by atoms with Gasteiger partial charge < -0.3 is 10.1 Å². The molecule has 1 N–H and O–H groups in total. The molecule has 0 aliphatic carbocycles. The molecule has 0 fully saturated rings. The summed E-state index contributed by atoms with van der Waals surface area (Å²) in [5.74, 6) is -1.53. The number of benzene rings is 2. The molecule has 0 bridgehead atoms. The highest BCUT2D eigenvalue weighted by atomic mass is 32.2. The first-order chi connectivity index (χ1) is 13.5. The van der Waals surface area contributed by atoms with Gasteiger partial charge in [0.15, 0.2) is 15.9 Å². The van der Waals surface area contributed by atoms with Crippen molar-refractivity contribution in [3.63, 3.8) is 0 Å². The number of hydrogen-bond acceptors (Lipinski definition) is 7. The lowest BCUT2D eigenvalue weighted by molar-refractivity contribution is -0.387. The summed E-state index contributed by atoms with van der Waals surface area (Å²) in [6.45, 7) is 3.14. The van der Waals surface area contributed by atoms with E-state index >= 15 is 0 Å². The van der Waals surface area contributed by atoms with Crippen molar-refractivity contribution >= 4 is 27.4 Å². The van der Waals surface area contributed by atoms with E-state index < -0.39 is 43.3 Å². The molecule has 0 aliphatic rings. The van der Waals surface area contributed by atoms with E-state index in [9.17, 15) is 28.1 Å². The highest BCUT2D eigenvalue weighted by Gasteiger charge is 2.26. The largest absolute Gasteiger partial charge is 0.449 e. The van der Waals surface area contributed by atoms with Gasteiger partial charge in [0.2, 0.25) is 0 Å². The molecule has 10 heteroatoms. The molecular formula is C19H20N2O7S. The van der Waals surface area contributed by atoms with Crippen molar-refractivity contribution in [1.82, 2.24) is 5.32 Å². The van der Waals surface area contributed by atoms with Gasteiger partial charge >= 0.3 is 5.97 Å². The second-order valence-corrected chi connectivity index (χ2v) is 8.38. The number of sulfone groups is 1. The number of carbonyl (C=O) groups is 2. The van der Waals surface area contributed by atoms with Crippen molar-refractivity contribution in [2.45, 2.75) is 30.9 Å². The summed E-state index contributed by atoms with van der Waals surface area (Å²) in [5.41, 5.74) is -0.108. The molecule has 2 atom stereocenters. The molecule has 0 spiro atoms. The van der Waals surface area contributed by atoms with E-state index in [1.807, 2.05) is 30.3 Å². The van der Waals surface area contributed by atoms with Crippen LogP contribution in [0.25, 0.3) is 0 Å². The van der Waals surface area contributed by atoms with Crippen LogP contribution < -0.4 is 5.32 Å². The maximum Gasteiger partial charge on any atom is 0.339 e. The first-order valence-corrected chi connectivity index (χ1v) is 10.4. The van der Waals surface area contributed by atoms with Crippen LogP contribution in [0.5, 0.6) is 0 Å². The minimum Gasteiger partial charge on any atom is -0.449 e. The number of ether oxygens (including phenoxy) is 1. The van der Waals surface area contributed by atoms with Crippen molar-refractivity contribution < 1.29 is 27.7 Å². The van der Waals surface area contributed by atoms with Gasteiger partial charge in [0.25, 0.3) is 11.6 Å². The minimum atomic E-state index is -3.86. The molecule has 0 saturated heterocycles. The van der Waals surface area contributed by atoms with Crippen molar-refractivity contribution in [2.24, 2.45) is 0 Å². The quantitative estimate of drug-likeness (QED) is 0.413. The van der Waals surface area contributed by atoms with Gasteiger partial charge in [-0.15, -0.1) is 0 Å². The summed E-state index contributed by atoms with van der Waals surface area (Å²) in [6, 6.07) is 11.7. The van der Waals surface area contributed by atoms with Crippen LogP contribution in [0.3, 0.4) is 0 Å². The Balaban J connectivity index is 2.12. The monoisotopic (exact) mass is 420 g/mol. The molecule has 2 rings (SSSR count). The molecule has 2 aromatic carbocycles. The maximum absolute atomic E-state index is 12.3. The normalized spacial score (nSPS) is 13.2. The average Bonchev–Trinajstić information content (AvgIpc) is 2.67. The molecule has 0 aliphatic heterocycles. The smallest absolute Gasteiger partial charge is 0.339 e. The summed E-state index contributed by atoms with van der Waals surface area (Å²) in [7, 11) is -3.86. The number of nitro benzene ring substituents is 1. The lowest BCUT2D eigenvalue weighted by Gasteiger charge is -2.18. The Hall–Kier alpha value is -3.27. The number of nitrogens with zero attached hydrogens (tertiary/aromatic N) is 1. The number of amides is 1. The van der Waals surface area contributed by atoms with Gasteiger partial charge in [-0.25, -0.2) is 13.2 Å². The van der Waals surface area contributed by atoms with Gasteiger partial charge in [0, 0.05) is 12.3 Å². The van der Waals surface area contributed by atoms with Gasteiger partial charge in [-0.1, -0.05) is 30.3 Å². The lowest BCUT2D eigenvalue weighted by Crippen LogP contribution is -2.37. The number of rotatable bonds is 7. The molecule has 0 heterocycles. The predicted octanol–water partition coefficient (Wildman–Crippen LogP) is 2.42. The number of carbonyl (C=O) groups excluding carboxylic acids is 2. The molecule has 29 heavy (non-hydrogen) atoms. The van der Waals surface area contributed by atoms with Crippen LogP contribution in [0.1, 0.15) is 35.8 Å². The Morgan fingerprint density at radius 3 is 2.28 bits per heavy atom. The standard InChI is InChI=1S/C19H20N2O7S/c1-12(14-7-5-4-6-8-14)20-18(22)13(2)28-19(23)15-9-10-17(29(3,26)27)16(11-15)21(24)25/h4-13H,1-3H3,(H,20,22)/t12-,13+/m0/s1. The third-order valence-electron chi connectivity index (χ3n) is 4.10.